The predicted molar refractivity (Wildman–Crippen MR) is 84.0 cm³/mol. The number of hydrogen-bond donors (Lipinski definition) is 0. The van der Waals surface area contributed by atoms with Gasteiger partial charge in [-0.05, 0) is 6.92 Å². The molecule has 9 heteroatoms. The van der Waals surface area contributed by atoms with Crippen LogP contribution in [-0.2, 0) is 19.1 Å². The Bertz CT molecular complexity index is 508. The highest BCUT2D eigenvalue weighted by atomic mass is 16.6. The van der Waals surface area contributed by atoms with Gasteiger partial charge in [-0.2, -0.15) is 0 Å². The first kappa shape index (κ1) is 18.0. The first-order valence-corrected chi connectivity index (χ1v) is 8.19. The van der Waals surface area contributed by atoms with Crippen molar-refractivity contribution in [2.45, 2.75) is 13.8 Å². The summed E-state index contributed by atoms with van der Waals surface area (Å²) in [5.41, 5.74) is 0. The van der Waals surface area contributed by atoms with Crippen LogP contribution in [0.15, 0.2) is 0 Å². The molecule has 2 aliphatic heterocycles. The van der Waals surface area contributed by atoms with Crippen molar-refractivity contribution in [2.24, 2.45) is 0 Å². The van der Waals surface area contributed by atoms with Gasteiger partial charge in [0.05, 0.1) is 6.61 Å². The summed E-state index contributed by atoms with van der Waals surface area (Å²) in [6.07, 6.45) is -0.392. The molecule has 0 N–H and O–H groups in total. The van der Waals surface area contributed by atoms with E-state index < -0.39 is 17.9 Å². The maximum absolute atomic E-state index is 12.3. The second-order valence-electron chi connectivity index (χ2n) is 5.78. The molecule has 0 saturated carbocycles. The van der Waals surface area contributed by atoms with Gasteiger partial charge in [-0.3, -0.25) is 14.4 Å². The number of carbonyl (C=O) groups excluding carboxylic acids is 4. The summed E-state index contributed by atoms with van der Waals surface area (Å²) in [5.74, 6) is -1.11. The Balaban J connectivity index is 1.81. The molecule has 0 aromatic heterocycles. The van der Waals surface area contributed by atoms with Crippen molar-refractivity contribution in [3.63, 3.8) is 0 Å². The SMILES string of the molecule is CCOC(=O)N1CCN(C(=O)C(=O)N2CCN(C(C)=O)CC2)CC1. The molecule has 2 rings (SSSR count). The molecule has 4 amide bonds. The lowest BCUT2D eigenvalue weighted by Gasteiger charge is -2.37. The van der Waals surface area contributed by atoms with Crippen LogP contribution >= 0.6 is 0 Å². The van der Waals surface area contributed by atoms with Crippen molar-refractivity contribution in [3.05, 3.63) is 0 Å². The van der Waals surface area contributed by atoms with E-state index in [0.717, 1.165) is 0 Å². The molecule has 0 aromatic rings. The van der Waals surface area contributed by atoms with Gasteiger partial charge in [0.25, 0.3) is 0 Å². The van der Waals surface area contributed by atoms with Crippen molar-refractivity contribution in [2.75, 3.05) is 59.0 Å². The van der Waals surface area contributed by atoms with Crippen LogP contribution in [0.25, 0.3) is 0 Å². The van der Waals surface area contributed by atoms with Crippen LogP contribution < -0.4 is 0 Å². The molecule has 0 atom stereocenters. The van der Waals surface area contributed by atoms with Crippen LogP contribution in [0.5, 0.6) is 0 Å². The minimum atomic E-state index is -0.546. The average Bonchev–Trinajstić information content (AvgIpc) is 2.61. The van der Waals surface area contributed by atoms with Crippen LogP contribution in [-0.4, -0.2) is 102 Å². The van der Waals surface area contributed by atoms with E-state index in [0.29, 0.717) is 59.0 Å². The van der Waals surface area contributed by atoms with E-state index in [2.05, 4.69) is 0 Å². The quantitative estimate of drug-likeness (QED) is 0.570. The molecule has 0 aliphatic carbocycles. The van der Waals surface area contributed by atoms with E-state index in [4.69, 9.17) is 4.74 Å². The molecule has 2 fully saturated rings. The van der Waals surface area contributed by atoms with Gasteiger partial charge in [-0.1, -0.05) is 0 Å². The van der Waals surface area contributed by atoms with E-state index in [9.17, 15) is 19.2 Å². The van der Waals surface area contributed by atoms with Gasteiger partial charge in [0.1, 0.15) is 0 Å². The first-order chi connectivity index (χ1) is 11.4. The van der Waals surface area contributed by atoms with Crippen molar-refractivity contribution in [1.29, 1.82) is 0 Å². The number of rotatable bonds is 1. The molecule has 0 spiro atoms. The number of piperazine rings is 2. The fourth-order valence-corrected chi connectivity index (χ4v) is 2.80. The summed E-state index contributed by atoms with van der Waals surface area (Å²) >= 11 is 0. The molecule has 9 nitrogen and oxygen atoms in total. The van der Waals surface area contributed by atoms with Crippen LogP contribution in [0, 0.1) is 0 Å². The first-order valence-electron chi connectivity index (χ1n) is 8.19. The molecule has 24 heavy (non-hydrogen) atoms. The Morgan fingerprint density at radius 3 is 1.46 bits per heavy atom. The van der Waals surface area contributed by atoms with E-state index >= 15 is 0 Å². The van der Waals surface area contributed by atoms with Crippen molar-refractivity contribution < 1.29 is 23.9 Å². The maximum Gasteiger partial charge on any atom is 0.409 e. The third kappa shape index (κ3) is 4.15. The van der Waals surface area contributed by atoms with E-state index in [1.807, 2.05) is 0 Å². The fourth-order valence-electron chi connectivity index (χ4n) is 2.80. The zero-order chi connectivity index (χ0) is 17.7. The van der Waals surface area contributed by atoms with Crippen molar-refractivity contribution in [3.8, 4) is 0 Å². The summed E-state index contributed by atoms with van der Waals surface area (Å²) < 4.78 is 4.93. The Labute approximate surface area is 141 Å². The average molecular weight is 340 g/mol. The number of hydrogen-bond acceptors (Lipinski definition) is 5. The Kier molecular flexibility index (Phi) is 5.99. The lowest BCUT2D eigenvalue weighted by atomic mass is 10.2. The van der Waals surface area contributed by atoms with Gasteiger partial charge in [0, 0.05) is 59.3 Å². The molecule has 0 unspecified atom stereocenters. The molecule has 2 saturated heterocycles. The van der Waals surface area contributed by atoms with Gasteiger partial charge < -0.3 is 24.3 Å². The molecule has 134 valence electrons. The zero-order valence-electron chi connectivity index (χ0n) is 14.2. The second-order valence-corrected chi connectivity index (χ2v) is 5.78. The molecular formula is C15H24N4O5. The van der Waals surface area contributed by atoms with Crippen LogP contribution in [0.2, 0.25) is 0 Å². The molecule has 2 heterocycles. The summed E-state index contributed by atoms with van der Waals surface area (Å²) in [6.45, 7) is 6.52. The molecule has 0 radical (unpaired) electrons. The minimum Gasteiger partial charge on any atom is -0.450 e. The Morgan fingerprint density at radius 1 is 0.708 bits per heavy atom. The summed E-state index contributed by atoms with van der Waals surface area (Å²) in [6, 6.07) is 0. The Hall–Kier alpha value is -2.32. The van der Waals surface area contributed by atoms with E-state index in [1.54, 1.807) is 11.8 Å². The molecular weight excluding hydrogens is 316 g/mol. The summed E-state index contributed by atoms with van der Waals surface area (Å²) in [4.78, 5) is 53.7. The summed E-state index contributed by atoms with van der Waals surface area (Å²) in [7, 11) is 0. The molecule has 2 aliphatic rings. The van der Waals surface area contributed by atoms with Crippen LogP contribution in [0.3, 0.4) is 0 Å². The highest BCUT2D eigenvalue weighted by Crippen LogP contribution is 2.08. The van der Waals surface area contributed by atoms with E-state index in [-0.39, 0.29) is 5.91 Å². The molecule has 0 aromatic carbocycles. The number of carbonyl (C=O) groups is 4. The highest BCUT2D eigenvalue weighted by Gasteiger charge is 2.32. The smallest absolute Gasteiger partial charge is 0.409 e. The third-order valence-electron chi connectivity index (χ3n) is 4.29. The lowest BCUT2D eigenvalue weighted by molar-refractivity contribution is -0.154. The van der Waals surface area contributed by atoms with Gasteiger partial charge in [-0.15, -0.1) is 0 Å². The van der Waals surface area contributed by atoms with Gasteiger partial charge in [0.15, 0.2) is 0 Å². The lowest BCUT2D eigenvalue weighted by Crippen LogP contribution is -2.57. The predicted octanol–water partition coefficient (Wildman–Crippen LogP) is -1.02. The number of amides is 4. The largest absolute Gasteiger partial charge is 0.450 e. The normalized spacial score (nSPS) is 18.4. The maximum atomic E-state index is 12.3. The Morgan fingerprint density at radius 2 is 1.08 bits per heavy atom. The summed E-state index contributed by atoms with van der Waals surface area (Å²) in [5, 5.41) is 0. The van der Waals surface area contributed by atoms with Crippen molar-refractivity contribution in [1.82, 2.24) is 19.6 Å². The van der Waals surface area contributed by atoms with Crippen LogP contribution in [0.1, 0.15) is 13.8 Å². The van der Waals surface area contributed by atoms with Crippen LogP contribution in [0.4, 0.5) is 4.79 Å². The van der Waals surface area contributed by atoms with Crippen molar-refractivity contribution >= 4 is 23.8 Å². The topological polar surface area (TPSA) is 90.5 Å². The third-order valence-corrected chi connectivity index (χ3v) is 4.29. The minimum absolute atomic E-state index is 0.0245. The molecule has 0 bridgehead atoms. The van der Waals surface area contributed by atoms with Gasteiger partial charge in [0.2, 0.25) is 5.91 Å². The zero-order valence-corrected chi connectivity index (χ0v) is 14.2. The van der Waals surface area contributed by atoms with Gasteiger partial charge >= 0.3 is 17.9 Å². The highest BCUT2D eigenvalue weighted by molar-refractivity contribution is 6.35. The standard InChI is InChI=1S/C15H24N4O5/c1-3-24-15(23)19-10-8-18(9-11-19)14(22)13(21)17-6-4-16(5-7-17)12(2)20/h3-11H2,1-2H3. The number of nitrogens with zero attached hydrogens (tertiary/aromatic N) is 4. The van der Waals surface area contributed by atoms with E-state index in [1.165, 1.54) is 21.6 Å². The monoisotopic (exact) mass is 340 g/mol. The number of ether oxygens (including phenoxy) is 1. The van der Waals surface area contributed by atoms with Gasteiger partial charge in [-0.25, -0.2) is 4.79 Å². The fraction of sp³-hybridized carbons (Fsp3) is 0.733. The second kappa shape index (κ2) is 7.98.